The fourth-order valence-electron chi connectivity index (χ4n) is 5.59. The van der Waals surface area contributed by atoms with Crippen LogP contribution >= 0.6 is 0 Å². The van der Waals surface area contributed by atoms with Gasteiger partial charge in [-0.15, -0.1) is 0 Å². The van der Waals surface area contributed by atoms with E-state index in [1.807, 2.05) is 0 Å². The molecular formula is C28H28F6N2. The third-order valence-electron chi connectivity index (χ3n) is 7.56. The average Bonchev–Trinajstić information content (AvgIpc) is 3.51. The predicted molar refractivity (Wildman–Crippen MR) is 124 cm³/mol. The third kappa shape index (κ3) is 6.22. The van der Waals surface area contributed by atoms with E-state index in [0.29, 0.717) is 24.0 Å². The van der Waals surface area contributed by atoms with Crippen molar-refractivity contribution in [3.05, 3.63) is 70.8 Å². The highest BCUT2D eigenvalue weighted by molar-refractivity contribution is 5.34. The molecule has 2 aliphatic rings. The van der Waals surface area contributed by atoms with E-state index < -0.39 is 23.5 Å². The standard InChI is InChI=1S/2C14H14F3N/c2*15-14(16,17)12-5-3-4-11(10-12)13(8-9-18)6-1-2-7-13/h2*3-5,10H,1-2,6-8H2. The highest BCUT2D eigenvalue weighted by atomic mass is 19.4. The Bertz CT molecular complexity index is 1020. The molecule has 0 aliphatic heterocycles. The van der Waals surface area contributed by atoms with Crippen molar-refractivity contribution in [3.8, 4) is 12.1 Å². The summed E-state index contributed by atoms with van der Waals surface area (Å²) in [4.78, 5) is 0. The molecular weight excluding hydrogens is 478 g/mol. The summed E-state index contributed by atoms with van der Waals surface area (Å²) in [5, 5.41) is 17.8. The van der Waals surface area contributed by atoms with Crippen molar-refractivity contribution in [2.45, 2.75) is 87.4 Å². The van der Waals surface area contributed by atoms with Crippen LogP contribution in [-0.4, -0.2) is 0 Å². The lowest BCUT2D eigenvalue weighted by Gasteiger charge is -2.27. The van der Waals surface area contributed by atoms with Crippen LogP contribution in [0.15, 0.2) is 48.5 Å². The molecule has 2 aliphatic carbocycles. The Morgan fingerprint density at radius 2 is 0.944 bits per heavy atom. The van der Waals surface area contributed by atoms with Crippen molar-refractivity contribution in [1.29, 1.82) is 10.5 Å². The molecule has 0 heterocycles. The molecule has 0 radical (unpaired) electrons. The first-order chi connectivity index (χ1) is 17.0. The van der Waals surface area contributed by atoms with Gasteiger partial charge in [0.2, 0.25) is 0 Å². The van der Waals surface area contributed by atoms with Crippen LogP contribution in [0.1, 0.15) is 86.5 Å². The number of nitriles is 2. The molecule has 0 bridgehead atoms. The van der Waals surface area contributed by atoms with E-state index in [0.717, 1.165) is 63.5 Å². The summed E-state index contributed by atoms with van der Waals surface area (Å²) in [5.74, 6) is 0. The molecule has 0 unspecified atom stereocenters. The van der Waals surface area contributed by atoms with Gasteiger partial charge in [0.25, 0.3) is 0 Å². The zero-order valence-electron chi connectivity index (χ0n) is 19.9. The first-order valence-corrected chi connectivity index (χ1v) is 12.1. The van der Waals surface area contributed by atoms with Gasteiger partial charge in [0.15, 0.2) is 0 Å². The first kappa shape index (κ1) is 27.6. The number of nitrogens with zero attached hydrogens (tertiary/aromatic N) is 2. The Labute approximate surface area is 207 Å². The molecule has 2 aromatic rings. The molecule has 0 amide bonds. The Kier molecular flexibility index (Phi) is 8.39. The van der Waals surface area contributed by atoms with Gasteiger partial charge in [-0.05, 0) is 48.9 Å². The average molecular weight is 507 g/mol. The lowest BCUT2D eigenvalue weighted by molar-refractivity contribution is -0.138. The van der Waals surface area contributed by atoms with Crippen LogP contribution < -0.4 is 0 Å². The highest BCUT2D eigenvalue weighted by Gasteiger charge is 2.39. The largest absolute Gasteiger partial charge is 0.416 e. The van der Waals surface area contributed by atoms with Gasteiger partial charge in [-0.2, -0.15) is 36.9 Å². The number of halogens is 6. The summed E-state index contributed by atoms with van der Waals surface area (Å²) in [6.45, 7) is 0. The summed E-state index contributed by atoms with van der Waals surface area (Å²) in [5.41, 5.74) is -0.646. The lowest BCUT2D eigenvalue weighted by Crippen LogP contribution is -2.22. The second kappa shape index (κ2) is 10.9. The Hall–Kier alpha value is -3.00. The topological polar surface area (TPSA) is 47.6 Å². The molecule has 0 atom stereocenters. The Morgan fingerprint density at radius 1 is 0.611 bits per heavy atom. The third-order valence-corrected chi connectivity index (χ3v) is 7.56. The summed E-state index contributed by atoms with van der Waals surface area (Å²) in [6, 6.07) is 15.2. The summed E-state index contributed by atoms with van der Waals surface area (Å²) in [6.07, 6.45) is -0.868. The fraction of sp³-hybridized carbons (Fsp3) is 0.500. The summed E-state index contributed by atoms with van der Waals surface area (Å²) in [7, 11) is 0. The van der Waals surface area contributed by atoms with Crippen molar-refractivity contribution >= 4 is 0 Å². The molecule has 2 aromatic carbocycles. The summed E-state index contributed by atoms with van der Waals surface area (Å²) >= 11 is 0. The van der Waals surface area contributed by atoms with E-state index in [1.165, 1.54) is 24.3 Å². The Balaban J connectivity index is 0.000000201. The molecule has 2 saturated carbocycles. The van der Waals surface area contributed by atoms with Gasteiger partial charge in [-0.1, -0.05) is 62.1 Å². The van der Waals surface area contributed by atoms with Gasteiger partial charge in [0.1, 0.15) is 0 Å². The maximum absolute atomic E-state index is 12.7. The maximum Gasteiger partial charge on any atom is 0.416 e. The molecule has 8 heteroatoms. The number of hydrogen-bond acceptors (Lipinski definition) is 2. The molecule has 2 fully saturated rings. The van der Waals surface area contributed by atoms with Crippen LogP contribution in [0.5, 0.6) is 0 Å². The maximum atomic E-state index is 12.7. The van der Waals surface area contributed by atoms with Crippen LogP contribution in [0.2, 0.25) is 0 Å². The van der Waals surface area contributed by atoms with E-state index in [1.54, 1.807) is 12.1 Å². The molecule has 192 valence electrons. The highest BCUT2D eigenvalue weighted by Crippen LogP contribution is 2.46. The minimum absolute atomic E-state index is 0.300. The van der Waals surface area contributed by atoms with Gasteiger partial charge in [0.05, 0.1) is 23.3 Å². The number of benzene rings is 2. The Morgan fingerprint density at radius 3 is 1.22 bits per heavy atom. The molecule has 0 spiro atoms. The fourth-order valence-corrected chi connectivity index (χ4v) is 5.59. The van der Waals surface area contributed by atoms with Gasteiger partial charge < -0.3 is 0 Å². The zero-order valence-corrected chi connectivity index (χ0v) is 19.9. The monoisotopic (exact) mass is 506 g/mol. The second-order valence-corrected chi connectivity index (χ2v) is 9.80. The van der Waals surface area contributed by atoms with Crippen LogP contribution in [0.3, 0.4) is 0 Å². The van der Waals surface area contributed by atoms with E-state index in [2.05, 4.69) is 12.1 Å². The van der Waals surface area contributed by atoms with Crippen LogP contribution in [0.4, 0.5) is 26.3 Å². The van der Waals surface area contributed by atoms with Crippen molar-refractivity contribution in [2.75, 3.05) is 0 Å². The van der Waals surface area contributed by atoms with Crippen LogP contribution in [-0.2, 0) is 23.2 Å². The first-order valence-electron chi connectivity index (χ1n) is 12.1. The van der Waals surface area contributed by atoms with Crippen molar-refractivity contribution < 1.29 is 26.3 Å². The lowest BCUT2D eigenvalue weighted by atomic mass is 9.76. The van der Waals surface area contributed by atoms with Crippen molar-refractivity contribution in [2.24, 2.45) is 0 Å². The number of rotatable bonds is 4. The van der Waals surface area contributed by atoms with Crippen molar-refractivity contribution in [1.82, 2.24) is 0 Å². The molecule has 36 heavy (non-hydrogen) atoms. The van der Waals surface area contributed by atoms with Gasteiger partial charge in [-0.25, -0.2) is 0 Å². The molecule has 4 rings (SSSR count). The molecule has 0 N–H and O–H groups in total. The molecule has 0 aromatic heterocycles. The van der Waals surface area contributed by atoms with Crippen LogP contribution in [0.25, 0.3) is 0 Å². The van der Waals surface area contributed by atoms with E-state index in [4.69, 9.17) is 10.5 Å². The minimum atomic E-state index is -4.32. The van der Waals surface area contributed by atoms with Gasteiger partial charge in [0, 0.05) is 23.7 Å². The number of alkyl halides is 6. The smallest absolute Gasteiger partial charge is 0.198 e. The minimum Gasteiger partial charge on any atom is -0.198 e. The van der Waals surface area contributed by atoms with Gasteiger partial charge >= 0.3 is 12.4 Å². The second-order valence-electron chi connectivity index (χ2n) is 9.80. The normalized spacial score (nSPS) is 18.6. The molecule has 2 nitrogen and oxygen atoms in total. The van der Waals surface area contributed by atoms with Crippen molar-refractivity contribution in [3.63, 3.8) is 0 Å². The van der Waals surface area contributed by atoms with E-state index in [-0.39, 0.29) is 10.8 Å². The van der Waals surface area contributed by atoms with Gasteiger partial charge in [-0.3, -0.25) is 0 Å². The van der Waals surface area contributed by atoms with E-state index >= 15 is 0 Å². The number of hydrogen-bond donors (Lipinski definition) is 0. The molecule has 0 saturated heterocycles. The predicted octanol–water partition coefficient (Wildman–Crippen LogP) is 8.86. The summed E-state index contributed by atoms with van der Waals surface area (Å²) < 4.78 is 76.2. The van der Waals surface area contributed by atoms with E-state index in [9.17, 15) is 26.3 Å². The van der Waals surface area contributed by atoms with Crippen LogP contribution in [0, 0.1) is 22.7 Å². The quantitative estimate of drug-likeness (QED) is 0.389. The zero-order chi connectivity index (χ0) is 26.5. The SMILES string of the molecule is N#CCC1(c2cccc(C(F)(F)F)c2)CCCC1.N#CCC1(c2cccc(C(F)(F)F)c2)CCCC1.